The van der Waals surface area contributed by atoms with Crippen molar-refractivity contribution in [3.05, 3.63) is 24.3 Å². The molecule has 4 nitrogen and oxygen atoms in total. The highest BCUT2D eigenvalue weighted by molar-refractivity contribution is 5.66. The van der Waals surface area contributed by atoms with Gasteiger partial charge in [-0.2, -0.15) is 0 Å². The number of carboxylic acids is 1. The van der Waals surface area contributed by atoms with E-state index in [1.54, 1.807) is 7.11 Å². The number of nitrogens with zero attached hydrogens (tertiary/aromatic N) is 1. The van der Waals surface area contributed by atoms with Gasteiger partial charge in [0.2, 0.25) is 0 Å². The molecule has 0 bridgehead atoms. The van der Waals surface area contributed by atoms with Crippen LogP contribution in [0.5, 0.6) is 5.75 Å². The average molecular weight is 263 g/mol. The molecule has 0 aromatic heterocycles. The van der Waals surface area contributed by atoms with Crippen LogP contribution in [0.4, 0.5) is 5.69 Å². The van der Waals surface area contributed by atoms with Gasteiger partial charge in [0.05, 0.1) is 12.8 Å². The van der Waals surface area contributed by atoms with Crippen molar-refractivity contribution in [2.75, 3.05) is 25.1 Å². The topological polar surface area (TPSA) is 49.8 Å². The first-order valence-electron chi connectivity index (χ1n) is 6.80. The van der Waals surface area contributed by atoms with Gasteiger partial charge in [-0.25, -0.2) is 0 Å². The van der Waals surface area contributed by atoms with E-state index in [9.17, 15) is 4.79 Å². The van der Waals surface area contributed by atoms with Crippen molar-refractivity contribution < 1.29 is 14.6 Å². The number of benzene rings is 1. The molecule has 1 fully saturated rings. The van der Waals surface area contributed by atoms with Gasteiger partial charge in [0.25, 0.3) is 0 Å². The Morgan fingerprint density at radius 3 is 3.00 bits per heavy atom. The number of methoxy groups -OCH3 is 1. The van der Waals surface area contributed by atoms with E-state index in [0.29, 0.717) is 5.92 Å². The van der Waals surface area contributed by atoms with E-state index in [0.717, 1.165) is 43.8 Å². The zero-order chi connectivity index (χ0) is 13.7. The lowest BCUT2D eigenvalue weighted by Gasteiger charge is -2.35. The highest BCUT2D eigenvalue weighted by atomic mass is 16.5. The molecule has 104 valence electrons. The van der Waals surface area contributed by atoms with Crippen LogP contribution >= 0.6 is 0 Å². The number of carboxylic acid groups (broad SMARTS) is 1. The van der Waals surface area contributed by atoms with Crippen molar-refractivity contribution in [3.8, 4) is 5.75 Å². The fourth-order valence-electron chi connectivity index (χ4n) is 2.74. The van der Waals surface area contributed by atoms with E-state index >= 15 is 0 Å². The number of para-hydroxylation sites is 2. The molecule has 19 heavy (non-hydrogen) atoms. The molecule has 0 aliphatic carbocycles. The van der Waals surface area contributed by atoms with Gasteiger partial charge in [0, 0.05) is 19.5 Å². The molecule has 0 radical (unpaired) electrons. The summed E-state index contributed by atoms with van der Waals surface area (Å²) >= 11 is 0. The monoisotopic (exact) mass is 263 g/mol. The van der Waals surface area contributed by atoms with Crippen molar-refractivity contribution in [2.45, 2.75) is 25.7 Å². The molecule has 0 saturated carbocycles. The molecule has 1 aliphatic rings. The first-order valence-corrected chi connectivity index (χ1v) is 6.80. The average Bonchev–Trinajstić information content (AvgIpc) is 2.45. The number of rotatable bonds is 5. The zero-order valence-corrected chi connectivity index (χ0v) is 11.3. The van der Waals surface area contributed by atoms with Gasteiger partial charge in [-0.3, -0.25) is 4.79 Å². The standard InChI is InChI=1S/C15H21NO3/c1-19-14-7-3-2-6-13(14)16-10-4-5-12(11-16)8-9-15(17)18/h2-3,6-7,12H,4-5,8-11H2,1H3,(H,17,18). The molecule has 1 N–H and O–H groups in total. The molecule has 4 heteroatoms. The van der Waals surface area contributed by atoms with Crippen molar-refractivity contribution in [3.63, 3.8) is 0 Å². The smallest absolute Gasteiger partial charge is 0.303 e. The second-order valence-electron chi connectivity index (χ2n) is 5.06. The van der Waals surface area contributed by atoms with E-state index in [1.165, 1.54) is 0 Å². The van der Waals surface area contributed by atoms with Crippen molar-refractivity contribution >= 4 is 11.7 Å². The normalized spacial score (nSPS) is 19.2. The van der Waals surface area contributed by atoms with Crippen molar-refractivity contribution in [1.82, 2.24) is 0 Å². The Balaban J connectivity index is 2.02. The molecular weight excluding hydrogens is 242 g/mol. The van der Waals surface area contributed by atoms with Crippen LogP contribution < -0.4 is 9.64 Å². The number of carbonyl (C=O) groups is 1. The molecule has 2 rings (SSSR count). The van der Waals surface area contributed by atoms with Crippen LogP contribution in [0.25, 0.3) is 0 Å². The first kappa shape index (κ1) is 13.7. The summed E-state index contributed by atoms with van der Waals surface area (Å²) in [5, 5.41) is 8.78. The van der Waals surface area contributed by atoms with E-state index in [4.69, 9.17) is 9.84 Å². The Morgan fingerprint density at radius 2 is 2.26 bits per heavy atom. The van der Waals surface area contributed by atoms with Crippen molar-refractivity contribution in [2.24, 2.45) is 5.92 Å². The molecular formula is C15H21NO3. The van der Waals surface area contributed by atoms with Gasteiger partial charge in [0.15, 0.2) is 0 Å². The Hall–Kier alpha value is -1.71. The quantitative estimate of drug-likeness (QED) is 0.887. The Kier molecular flexibility index (Phi) is 4.66. The lowest BCUT2D eigenvalue weighted by atomic mass is 9.93. The Bertz CT molecular complexity index is 433. The van der Waals surface area contributed by atoms with E-state index in [-0.39, 0.29) is 6.42 Å². The third kappa shape index (κ3) is 3.63. The maximum absolute atomic E-state index is 10.7. The van der Waals surface area contributed by atoms with Crippen LogP contribution in [-0.2, 0) is 4.79 Å². The molecule has 0 spiro atoms. The van der Waals surface area contributed by atoms with Crippen LogP contribution in [0.3, 0.4) is 0 Å². The second kappa shape index (κ2) is 6.45. The lowest BCUT2D eigenvalue weighted by Crippen LogP contribution is -2.35. The fraction of sp³-hybridized carbons (Fsp3) is 0.533. The summed E-state index contributed by atoms with van der Waals surface area (Å²) in [4.78, 5) is 13.0. The minimum absolute atomic E-state index is 0.268. The van der Waals surface area contributed by atoms with Crippen LogP contribution in [-0.4, -0.2) is 31.3 Å². The van der Waals surface area contributed by atoms with Crippen LogP contribution in [0.15, 0.2) is 24.3 Å². The van der Waals surface area contributed by atoms with E-state index in [1.807, 2.05) is 18.2 Å². The van der Waals surface area contributed by atoms with Crippen LogP contribution in [0.2, 0.25) is 0 Å². The molecule has 1 aromatic carbocycles. The number of anilines is 1. The number of hydrogen-bond acceptors (Lipinski definition) is 3. The molecule has 1 aliphatic heterocycles. The van der Waals surface area contributed by atoms with Gasteiger partial charge >= 0.3 is 5.97 Å². The number of ether oxygens (including phenoxy) is 1. The highest BCUT2D eigenvalue weighted by Crippen LogP contribution is 2.32. The van der Waals surface area contributed by atoms with Gasteiger partial charge in [-0.05, 0) is 37.3 Å². The van der Waals surface area contributed by atoms with Gasteiger partial charge in [0.1, 0.15) is 5.75 Å². The summed E-state index contributed by atoms with van der Waals surface area (Å²) in [6, 6.07) is 8.02. The predicted octanol–water partition coefficient (Wildman–Crippen LogP) is 2.78. The predicted molar refractivity (Wildman–Crippen MR) is 74.8 cm³/mol. The summed E-state index contributed by atoms with van der Waals surface area (Å²) in [5.41, 5.74) is 1.12. The molecule has 1 aromatic rings. The molecule has 0 amide bonds. The molecule has 1 saturated heterocycles. The van der Waals surface area contributed by atoms with Gasteiger partial charge in [-0.1, -0.05) is 12.1 Å². The van der Waals surface area contributed by atoms with Gasteiger partial charge < -0.3 is 14.7 Å². The summed E-state index contributed by atoms with van der Waals surface area (Å²) in [6.45, 7) is 1.94. The molecule has 1 atom stereocenters. The van der Waals surface area contributed by atoms with Gasteiger partial charge in [-0.15, -0.1) is 0 Å². The summed E-state index contributed by atoms with van der Waals surface area (Å²) in [5.74, 6) is 0.658. The minimum atomic E-state index is -0.700. The van der Waals surface area contributed by atoms with E-state index in [2.05, 4.69) is 11.0 Å². The number of aliphatic carboxylic acids is 1. The second-order valence-corrected chi connectivity index (χ2v) is 5.06. The third-order valence-corrected chi connectivity index (χ3v) is 3.71. The van der Waals surface area contributed by atoms with Crippen molar-refractivity contribution in [1.29, 1.82) is 0 Å². The molecule has 1 heterocycles. The largest absolute Gasteiger partial charge is 0.495 e. The Labute approximate surface area is 114 Å². The maximum atomic E-state index is 10.7. The SMILES string of the molecule is COc1ccccc1N1CCCC(CCC(=O)O)C1. The summed E-state index contributed by atoms with van der Waals surface area (Å²) in [6.07, 6.45) is 3.27. The maximum Gasteiger partial charge on any atom is 0.303 e. The first-order chi connectivity index (χ1) is 9.20. The zero-order valence-electron chi connectivity index (χ0n) is 11.3. The molecule has 1 unspecified atom stereocenters. The fourth-order valence-corrected chi connectivity index (χ4v) is 2.74. The number of hydrogen-bond donors (Lipinski definition) is 1. The Morgan fingerprint density at radius 1 is 1.47 bits per heavy atom. The summed E-state index contributed by atoms with van der Waals surface area (Å²) in [7, 11) is 1.69. The highest BCUT2D eigenvalue weighted by Gasteiger charge is 2.22. The van der Waals surface area contributed by atoms with E-state index < -0.39 is 5.97 Å². The lowest BCUT2D eigenvalue weighted by molar-refractivity contribution is -0.137. The van der Waals surface area contributed by atoms with Crippen LogP contribution in [0, 0.1) is 5.92 Å². The minimum Gasteiger partial charge on any atom is -0.495 e. The van der Waals surface area contributed by atoms with Crippen LogP contribution in [0.1, 0.15) is 25.7 Å². The third-order valence-electron chi connectivity index (χ3n) is 3.71. The summed E-state index contributed by atoms with van der Waals surface area (Å²) < 4.78 is 5.40. The number of piperidine rings is 1.